The van der Waals surface area contributed by atoms with E-state index < -0.39 is 0 Å². The molecule has 0 fully saturated rings. The van der Waals surface area contributed by atoms with Crippen molar-refractivity contribution in [2.45, 2.75) is 6.54 Å². The van der Waals surface area contributed by atoms with E-state index in [-0.39, 0.29) is 18.1 Å². The molecule has 1 heterocycles. The number of hydrogen-bond acceptors (Lipinski definition) is 5. The molecule has 0 aliphatic carbocycles. The topological polar surface area (TPSA) is 69.9 Å². The smallest absolute Gasteiger partial charge is 0.204 e. The van der Waals surface area contributed by atoms with Crippen LogP contribution in [0.4, 0.5) is 4.39 Å². The predicted molar refractivity (Wildman–Crippen MR) is 80.5 cm³/mol. The molecule has 0 saturated heterocycles. The van der Waals surface area contributed by atoms with Crippen molar-refractivity contribution in [2.24, 2.45) is 0 Å². The second kappa shape index (κ2) is 6.35. The molecule has 0 bridgehead atoms. The first kappa shape index (κ1) is 14.8. The predicted octanol–water partition coefficient (Wildman–Crippen LogP) is 2.37. The minimum Gasteiger partial charge on any atom is -0.496 e. The highest BCUT2D eigenvalue weighted by Gasteiger charge is 2.14. The summed E-state index contributed by atoms with van der Waals surface area (Å²) in [6.07, 6.45) is 0. The molecule has 0 N–H and O–H groups in total. The van der Waals surface area contributed by atoms with Gasteiger partial charge in [0.2, 0.25) is 5.82 Å². The summed E-state index contributed by atoms with van der Waals surface area (Å²) in [6, 6.07) is 12.7. The highest BCUT2D eigenvalue weighted by molar-refractivity contribution is 5.98. The number of hydrogen-bond donors (Lipinski definition) is 0. The number of nitrogens with zero attached hydrogens (tertiary/aromatic N) is 4. The summed E-state index contributed by atoms with van der Waals surface area (Å²) in [6.45, 7) is -0.0609. The van der Waals surface area contributed by atoms with E-state index in [0.717, 1.165) is 0 Å². The maximum Gasteiger partial charge on any atom is 0.204 e. The molecule has 6 nitrogen and oxygen atoms in total. The fraction of sp³-hybridized carbons (Fsp3) is 0.125. The third-order valence-electron chi connectivity index (χ3n) is 3.25. The van der Waals surface area contributed by atoms with E-state index in [0.29, 0.717) is 22.7 Å². The lowest BCUT2D eigenvalue weighted by Crippen LogP contribution is -2.14. The molecule has 0 aliphatic rings. The Kier molecular flexibility index (Phi) is 4.09. The number of carbonyl (C=O) groups excluding carboxylic acids is 1. The molecule has 23 heavy (non-hydrogen) atoms. The fourth-order valence-electron chi connectivity index (χ4n) is 2.11. The number of rotatable bonds is 5. The largest absolute Gasteiger partial charge is 0.496 e. The molecule has 7 heteroatoms. The molecule has 1 aromatic heterocycles. The van der Waals surface area contributed by atoms with Gasteiger partial charge < -0.3 is 4.74 Å². The van der Waals surface area contributed by atoms with Crippen LogP contribution in [-0.4, -0.2) is 33.1 Å². The van der Waals surface area contributed by atoms with Gasteiger partial charge in [-0.15, -0.1) is 10.2 Å². The molecule has 3 rings (SSSR count). The summed E-state index contributed by atoms with van der Waals surface area (Å²) in [7, 11) is 1.51. The van der Waals surface area contributed by atoms with Crippen LogP contribution in [-0.2, 0) is 6.54 Å². The summed E-state index contributed by atoms with van der Waals surface area (Å²) in [4.78, 5) is 13.5. The van der Waals surface area contributed by atoms with E-state index in [1.807, 2.05) is 0 Å². The van der Waals surface area contributed by atoms with Crippen LogP contribution >= 0.6 is 0 Å². The molecule has 0 amide bonds. The minimum absolute atomic E-state index is 0.0609. The maximum absolute atomic E-state index is 12.9. The number of benzene rings is 2. The lowest BCUT2D eigenvalue weighted by atomic mass is 10.1. The van der Waals surface area contributed by atoms with E-state index in [1.165, 1.54) is 24.0 Å². The van der Waals surface area contributed by atoms with E-state index in [4.69, 9.17) is 4.74 Å². The second-order valence-corrected chi connectivity index (χ2v) is 4.77. The summed E-state index contributed by atoms with van der Waals surface area (Å²) in [5.74, 6) is 0.298. The quantitative estimate of drug-likeness (QED) is 0.676. The Balaban J connectivity index is 1.79. The average Bonchev–Trinajstić information content (AvgIpc) is 3.04. The number of aromatic nitrogens is 4. The highest BCUT2D eigenvalue weighted by atomic mass is 19.1. The molecule has 0 atom stereocenters. The molecule has 0 spiro atoms. The van der Waals surface area contributed by atoms with E-state index in [1.54, 1.807) is 36.4 Å². The lowest BCUT2D eigenvalue weighted by molar-refractivity contribution is 0.0958. The first-order valence-corrected chi connectivity index (χ1v) is 6.87. The van der Waals surface area contributed by atoms with Gasteiger partial charge in [-0.05, 0) is 41.6 Å². The van der Waals surface area contributed by atoms with Crippen LogP contribution in [0.1, 0.15) is 10.4 Å². The van der Waals surface area contributed by atoms with Crippen molar-refractivity contribution in [3.8, 4) is 17.1 Å². The van der Waals surface area contributed by atoms with Crippen LogP contribution in [0.2, 0.25) is 0 Å². The van der Waals surface area contributed by atoms with Gasteiger partial charge in [0.1, 0.15) is 18.1 Å². The Hall–Kier alpha value is -3.09. The number of Topliss-reactive ketones (excluding diaryl/α,β-unsaturated/α-hetero) is 1. The second-order valence-electron chi connectivity index (χ2n) is 4.77. The number of carbonyl (C=O) groups is 1. The van der Waals surface area contributed by atoms with Gasteiger partial charge >= 0.3 is 0 Å². The SMILES string of the molecule is COc1ccccc1C(=O)Cn1nnc(-c2ccc(F)cc2)n1. The van der Waals surface area contributed by atoms with Crippen LogP contribution in [0.25, 0.3) is 11.4 Å². The van der Waals surface area contributed by atoms with Gasteiger partial charge in [0.05, 0.1) is 12.7 Å². The Morgan fingerprint density at radius 3 is 2.65 bits per heavy atom. The zero-order valence-corrected chi connectivity index (χ0v) is 12.3. The first-order chi connectivity index (χ1) is 11.2. The monoisotopic (exact) mass is 312 g/mol. The van der Waals surface area contributed by atoms with E-state index in [2.05, 4.69) is 15.4 Å². The molecule has 0 radical (unpaired) electrons. The zero-order chi connectivity index (χ0) is 16.2. The van der Waals surface area contributed by atoms with Crippen molar-refractivity contribution < 1.29 is 13.9 Å². The third kappa shape index (κ3) is 3.23. The molecule has 0 unspecified atom stereocenters. The van der Waals surface area contributed by atoms with Crippen molar-refractivity contribution in [1.29, 1.82) is 0 Å². The van der Waals surface area contributed by atoms with Gasteiger partial charge in [0.25, 0.3) is 0 Å². The number of halogens is 1. The van der Waals surface area contributed by atoms with Crippen LogP contribution in [0.3, 0.4) is 0 Å². The van der Waals surface area contributed by atoms with Gasteiger partial charge in [0, 0.05) is 5.56 Å². The van der Waals surface area contributed by atoms with Crippen LogP contribution < -0.4 is 4.74 Å². The normalized spacial score (nSPS) is 10.5. The Morgan fingerprint density at radius 2 is 1.91 bits per heavy atom. The summed E-state index contributed by atoms with van der Waals surface area (Å²) >= 11 is 0. The van der Waals surface area contributed by atoms with Gasteiger partial charge in [-0.2, -0.15) is 4.80 Å². The summed E-state index contributed by atoms with van der Waals surface area (Å²) in [5.41, 5.74) is 1.08. The maximum atomic E-state index is 12.9. The fourth-order valence-corrected chi connectivity index (χ4v) is 2.11. The van der Waals surface area contributed by atoms with Gasteiger partial charge in [-0.25, -0.2) is 4.39 Å². The van der Waals surface area contributed by atoms with Gasteiger partial charge in [-0.3, -0.25) is 4.79 Å². The number of ether oxygens (including phenoxy) is 1. The van der Waals surface area contributed by atoms with Crippen LogP contribution in [0, 0.1) is 5.82 Å². The Morgan fingerprint density at radius 1 is 1.17 bits per heavy atom. The number of methoxy groups -OCH3 is 1. The van der Waals surface area contributed by atoms with Gasteiger partial charge in [0.15, 0.2) is 5.78 Å². The number of para-hydroxylation sites is 1. The molecule has 0 saturated carbocycles. The lowest BCUT2D eigenvalue weighted by Gasteiger charge is -2.06. The van der Waals surface area contributed by atoms with Gasteiger partial charge in [-0.1, -0.05) is 12.1 Å². The molecule has 3 aromatic rings. The Bertz CT molecular complexity index is 830. The number of tetrazole rings is 1. The van der Waals surface area contributed by atoms with Crippen LogP contribution in [0.15, 0.2) is 48.5 Å². The minimum atomic E-state index is -0.340. The summed E-state index contributed by atoms with van der Waals surface area (Å²) in [5, 5.41) is 11.9. The first-order valence-electron chi connectivity index (χ1n) is 6.87. The van der Waals surface area contributed by atoms with Crippen molar-refractivity contribution in [2.75, 3.05) is 7.11 Å². The van der Waals surface area contributed by atoms with E-state index in [9.17, 15) is 9.18 Å². The summed E-state index contributed by atoms with van der Waals surface area (Å²) < 4.78 is 18.1. The highest BCUT2D eigenvalue weighted by Crippen LogP contribution is 2.18. The molecule has 0 aliphatic heterocycles. The average molecular weight is 312 g/mol. The molecule has 116 valence electrons. The molecular weight excluding hydrogens is 299 g/mol. The number of ketones is 1. The van der Waals surface area contributed by atoms with E-state index >= 15 is 0 Å². The van der Waals surface area contributed by atoms with Crippen LogP contribution in [0.5, 0.6) is 5.75 Å². The van der Waals surface area contributed by atoms with Crippen molar-refractivity contribution in [1.82, 2.24) is 20.2 Å². The van der Waals surface area contributed by atoms with Crippen molar-refractivity contribution in [3.05, 3.63) is 59.9 Å². The molecule has 2 aromatic carbocycles. The molecular formula is C16H13FN4O2. The Labute approximate surface area is 131 Å². The third-order valence-corrected chi connectivity index (χ3v) is 3.25. The standard InChI is InChI=1S/C16H13FN4O2/c1-23-15-5-3-2-4-13(15)14(22)10-21-19-16(18-20-21)11-6-8-12(17)9-7-11/h2-9H,10H2,1H3. The zero-order valence-electron chi connectivity index (χ0n) is 12.3. The van der Waals surface area contributed by atoms with Crippen molar-refractivity contribution in [3.63, 3.8) is 0 Å². The van der Waals surface area contributed by atoms with Crippen molar-refractivity contribution >= 4 is 5.78 Å².